The minimum Gasteiger partial charge on any atom is -0.456 e. The molecule has 0 radical (unpaired) electrons. The highest BCUT2D eigenvalue weighted by Gasteiger charge is 2.17. The van der Waals surface area contributed by atoms with Crippen molar-refractivity contribution in [2.45, 2.75) is 26.7 Å². The van der Waals surface area contributed by atoms with Crippen LogP contribution in [0.2, 0.25) is 0 Å². The maximum absolute atomic E-state index is 12.5. The highest BCUT2D eigenvalue weighted by molar-refractivity contribution is 5.78. The molecule has 0 saturated carbocycles. The Bertz CT molecular complexity index is 860. The van der Waals surface area contributed by atoms with Crippen molar-refractivity contribution in [1.82, 2.24) is 15.1 Å². The van der Waals surface area contributed by atoms with Gasteiger partial charge in [0.15, 0.2) is 6.73 Å². The van der Waals surface area contributed by atoms with Crippen LogP contribution in [-0.4, -0.2) is 22.4 Å². The Kier molecular flexibility index (Phi) is 6.26. The van der Waals surface area contributed by atoms with Gasteiger partial charge in [0.25, 0.3) is 0 Å². The smallest absolute Gasteiger partial charge is 0.226 e. The molecule has 0 aliphatic rings. The molecule has 0 aliphatic carbocycles. The van der Waals surface area contributed by atoms with Crippen molar-refractivity contribution in [3.8, 4) is 11.6 Å². The first-order valence-electron chi connectivity index (χ1n) is 9.24. The van der Waals surface area contributed by atoms with E-state index >= 15 is 0 Å². The summed E-state index contributed by atoms with van der Waals surface area (Å²) < 4.78 is 7.54. The third kappa shape index (κ3) is 4.97. The molecule has 1 heterocycles. The predicted molar refractivity (Wildman–Crippen MR) is 106 cm³/mol. The lowest BCUT2D eigenvalue weighted by Gasteiger charge is -2.16. The molecule has 1 aromatic heterocycles. The second kappa shape index (κ2) is 9.03. The second-order valence-corrected chi connectivity index (χ2v) is 6.50. The van der Waals surface area contributed by atoms with Gasteiger partial charge in [-0.2, -0.15) is 5.10 Å². The Morgan fingerprint density at radius 1 is 1.11 bits per heavy atom. The van der Waals surface area contributed by atoms with Gasteiger partial charge in [-0.05, 0) is 37.5 Å². The van der Waals surface area contributed by atoms with E-state index in [4.69, 9.17) is 4.74 Å². The average molecular weight is 363 g/mol. The molecular formula is C22H25N3O2. The fourth-order valence-electron chi connectivity index (χ4n) is 2.98. The van der Waals surface area contributed by atoms with Crippen molar-refractivity contribution >= 4 is 5.91 Å². The van der Waals surface area contributed by atoms with Crippen molar-refractivity contribution in [3.63, 3.8) is 0 Å². The molecule has 2 aromatic carbocycles. The van der Waals surface area contributed by atoms with E-state index in [1.165, 1.54) is 0 Å². The topological polar surface area (TPSA) is 56.1 Å². The zero-order chi connectivity index (χ0) is 19.1. The molecule has 3 aromatic rings. The van der Waals surface area contributed by atoms with E-state index in [2.05, 4.69) is 10.4 Å². The summed E-state index contributed by atoms with van der Waals surface area (Å²) in [6.07, 6.45) is 1.51. The van der Waals surface area contributed by atoms with Gasteiger partial charge in [0.2, 0.25) is 11.8 Å². The molecule has 5 heteroatoms. The number of aryl methyl sites for hydroxylation is 1. The predicted octanol–water partition coefficient (Wildman–Crippen LogP) is 3.90. The number of rotatable bonds is 8. The van der Waals surface area contributed by atoms with Crippen molar-refractivity contribution in [1.29, 1.82) is 0 Å². The number of amides is 1. The van der Waals surface area contributed by atoms with Crippen LogP contribution >= 0.6 is 0 Å². The summed E-state index contributed by atoms with van der Waals surface area (Å²) in [5, 5.41) is 7.35. The number of ether oxygens (including phenoxy) is 1. The first-order chi connectivity index (χ1) is 13.2. The van der Waals surface area contributed by atoms with Crippen LogP contribution in [0.25, 0.3) is 5.69 Å². The Hall–Kier alpha value is -3.08. The number of hydrogen-bond acceptors (Lipinski definition) is 3. The van der Waals surface area contributed by atoms with Crippen molar-refractivity contribution in [2.75, 3.05) is 6.73 Å². The Balaban J connectivity index is 1.58. The average Bonchev–Trinajstić information content (AvgIpc) is 3.08. The molecule has 140 valence electrons. The van der Waals surface area contributed by atoms with Gasteiger partial charge in [0.1, 0.15) is 0 Å². The maximum atomic E-state index is 12.5. The van der Waals surface area contributed by atoms with Crippen molar-refractivity contribution < 1.29 is 9.53 Å². The van der Waals surface area contributed by atoms with E-state index in [1.54, 1.807) is 4.68 Å². The van der Waals surface area contributed by atoms with Gasteiger partial charge in [-0.25, -0.2) is 4.68 Å². The van der Waals surface area contributed by atoms with Crippen LogP contribution in [0.4, 0.5) is 0 Å². The van der Waals surface area contributed by atoms with Gasteiger partial charge in [-0.1, -0.05) is 55.5 Å². The van der Waals surface area contributed by atoms with Crippen LogP contribution < -0.4 is 10.1 Å². The van der Waals surface area contributed by atoms with E-state index in [0.717, 1.165) is 29.8 Å². The molecule has 0 spiro atoms. The molecule has 27 heavy (non-hydrogen) atoms. The minimum atomic E-state index is -0.0724. The number of hydrogen-bond donors (Lipinski definition) is 1. The molecular weight excluding hydrogens is 338 g/mol. The Labute approximate surface area is 160 Å². The first-order valence-corrected chi connectivity index (χ1v) is 9.24. The van der Waals surface area contributed by atoms with Gasteiger partial charge in [0, 0.05) is 12.0 Å². The molecule has 1 unspecified atom stereocenters. The van der Waals surface area contributed by atoms with Crippen LogP contribution in [0.3, 0.4) is 0 Å². The fourth-order valence-corrected chi connectivity index (χ4v) is 2.98. The van der Waals surface area contributed by atoms with Crippen LogP contribution in [0, 0.1) is 12.8 Å². The summed E-state index contributed by atoms with van der Waals surface area (Å²) in [7, 11) is 0. The van der Waals surface area contributed by atoms with E-state index in [9.17, 15) is 4.79 Å². The van der Waals surface area contributed by atoms with Gasteiger partial charge >= 0.3 is 0 Å². The normalized spacial score (nSPS) is 11.8. The third-order valence-electron chi connectivity index (χ3n) is 4.45. The highest BCUT2D eigenvalue weighted by Crippen LogP contribution is 2.19. The summed E-state index contributed by atoms with van der Waals surface area (Å²) in [5.74, 6) is 0.538. The van der Waals surface area contributed by atoms with Crippen LogP contribution in [0.15, 0.2) is 66.7 Å². The summed E-state index contributed by atoms with van der Waals surface area (Å²) in [6.45, 7) is 4.06. The van der Waals surface area contributed by atoms with Crippen LogP contribution in [0.1, 0.15) is 24.6 Å². The molecule has 1 atom stereocenters. The third-order valence-corrected chi connectivity index (χ3v) is 4.45. The van der Waals surface area contributed by atoms with Crippen molar-refractivity contribution in [2.24, 2.45) is 5.92 Å². The van der Waals surface area contributed by atoms with Gasteiger partial charge < -0.3 is 10.1 Å². The second-order valence-electron chi connectivity index (χ2n) is 6.50. The van der Waals surface area contributed by atoms with E-state index in [0.29, 0.717) is 5.88 Å². The minimum absolute atomic E-state index is 0.00357. The maximum Gasteiger partial charge on any atom is 0.226 e. The van der Waals surface area contributed by atoms with Gasteiger partial charge in [-0.15, -0.1) is 0 Å². The quantitative estimate of drug-likeness (QED) is 0.618. The highest BCUT2D eigenvalue weighted by atomic mass is 16.5. The summed E-state index contributed by atoms with van der Waals surface area (Å²) in [5.41, 5.74) is 2.94. The molecule has 0 bridgehead atoms. The van der Waals surface area contributed by atoms with Gasteiger partial charge in [-0.3, -0.25) is 4.79 Å². The molecule has 0 saturated heterocycles. The molecule has 0 fully saturated rings. The number of para-hydroxylation sites is 1. The molecule has 3 rings (SSSR count). The Morgan fingerprint density at radius 3 is 2.44 bits per heavy atom. The molecule has 0 aliphatic heterocycles. The largest absolute Gasteiger partial charge is 0.456 e. The number of nitrogens with zero attached hydrogens (tertiary/aromatic N) is 2. The SMILES string of the molecule is CCC(Cc1ccccc1)C(=O)NCOc1cc(C)nn1-c1ccccc1. The fraction of sp³-hybridized carbons (Fsp3) is 0.273. The number of nitrogens with one attached hydrogen (secondary N) is 1. The zero-order valence-corrected chi connectivity index (χ0v) is 15.8. The summed E-state index contributed by atoms with van der Waals surface area (Å²) in [6, 6.07) is 21.7. The monoisotopic (exact) mass is 363 g/mol. The van der Waals surface area contributed by atoms with E-state index < -0.39 is 0 Å². The lowest BCUT2D eigenvalue weighted by Crippen LogP contribution is -2.34. The Morgan fingerprint density at radius 2 is 1.78 bits per heavy atom. The summed E-state index contributed by atoms with van der Waals surface area (Å²) >= 11 is 0. The van der Waals surface area contributed by atoms with E-state index in [1.807, 2.05) is 80.6 Å². The zero-order valence-electron chi connectivity index (χ0n) is 15.8. The molecule has 1 amide bonds. The first kappa shape index (κ1) is 18.7. The lowest BCUT2D eigenvalue weighted by molar-refractivity contribution is -0.126. The summed E-state index contributed by atoms with van der Waals surface area (Å²) in [4.78, 5) is 12.5. The molecule has 5 nitrogen and oxygen atoms in total. The lowest BCUT2D eigenvalue weighted by atomic mass is 9.96. The van der Waals surface area contributed by atoms with Crippen molar-refractivity contribution in [3.05, 3.63) is 78.0 Å². The number of benzene rings is 2. The van der Waals surface area contributed by atoms with Crippen LogP contribution in [0.5, 0.6) is 5.88 Å². The number of carbonyl (C=O) groups is 1. The van der Waals surface area contributed by atoms with Crippen LogP contribution in [-0.2, 0) is 11.2 Å². The van der Waals surface area contributed by atoms with Gasteiger partial charge in [0.05, 0.1) is 11.4 Å². The number of aromatic nitrogens is 2. The number of carbonyl (C=O) groups excluding carboxylic acids is 1. The van der Waals surface area contributed by atoms with E-state index in [-0.39, 0.29) is 18.6 Å². The standard InChI is InChI=1S/C22H25N3O2/c1-3-19(15-18-10-6-4-7-11-18)22(26)23-16-27-21-14-17(2)24-25(21)20-12-8-5-9-13-20/h4-14,19H,3,15-16H2,1-2H3,(H,23,26). The molecule has 1 N–H and O–H groups in total.